The van der Waals surface area contributed by atoms with Crippen molar-refractivity contribution >= 4 is 17.7 Å². The fourth-order valence-corrected chi connectivity index (χ4v) is 4.67. The van der Waals surface area contributed by atoms with Crippen molar-refractivity contribution in [3.63, 3.8) is 0 Å². The molecule has 0 fully saturated rings. The minimum absolute atomic E-state index is 0.0630. The maximum Gasteiger partial charge on any atom is 0.220 e. The molecule has 1 heterocycles. The van der Waals surface area contributed by atoms with Gasteiger partial charge < -0.3 is 10.1 Å². The lowest BCUT2D eigenvalue weighted by Gasteiger charge is -2.16. The number of aromatic nitrogens is 3. The molecule has 3 rings (SSSR count). The van der Waals surface area contributed by atoms with E-state index in [1.54, 1.807) is 18.9 Å². The van der Waals surface area contributed by atoms with Crippen molar-refractivity contribution in [1.82, 2.24) is 20.1 Å². The molecule has 0 bridgehead atoms. The average Bonchev–Trinajstić information content (AvgIpc) is 3.27. The third-order valence-corrected chi connectivity index (χ3v) is 6.72. The molecule has 1 unspecified atom stereocenters. The summed E-state index contributed by atoms with van der Waals surface area (Å²) < 4.78 is 7.40. The Hall–Kier alpha value is -2.80. The number of hydrogen-bond donors (Lipinski definition) is 1. The number of nitrogens with zero attached hydrogens (tertiary/aromatic N) is 3. The fraction of sp³-hybridized carbons (Fsp3) is 0.444. The highest BCUT2D eigenvalue weighted by Gasteiger charge is 2.21. The predicted molar refractivity (Wildman–Crippen MR) is 139 cm³/mol. The molecule has 1 aromatic heterocycles. The van der Waals surface area contributed by atoms with Gasteiger partial charge in [-0.15, -0.1) is 10.2 Å². The van der Waals surface area contributed by atoms with Gasteiger partial charge in [-0.05, 0) is 50.1 Å². The number of hydrogen-bond acceptors (Lipinski definition) is 5. The van der Waals surface area contributed by atoms with Gasteiger partial charge in [0.15, 0.2) is 11.0 Å². The molecular formula is C27H36N4O2S. The van der Waals surface area contributed by atoms with Crippen LogP contribution in [0.2, 0.25) is 0 Å². The number of benzene rings is 2. The standard InChI is InChI=1S/C27H36N4O2S/c1-5-6-7-8-9-13-25(32)28-21(3)26-29-30-27(31(26)23-16-14-20(2)15-17-23)34-19-22-11-10-12-24(18-22)33-4/h10-12,14-18,21H,5-9,13,19H2,1-4H3,(H,28,32). The van der Waals surface area contributed by atoms with Crippen molar-refractivity contribution in [3.05, 3.63) is 65.5 Å². The summed E-state index contributed by atoms with van der Waals surface area (Å²) in [6, 6.07) is 16.1. The van der Waals surface area contributed by atoms with Crippen LogP contribution in [0.1, 0.15) is 75.4 Å². The zero-order valence-corrected chi connectivity index (χ0v) is 21.5. The van der Waals surface area contributed by atoms with Crippen LogP contribution in [0.15, 0.2) is 53.7 Å². The summed E-state index contributed by atoms with van der Waals surface area (Å²) in [7, 11) is 1.67. The second kappa shape index (κ2) is 13.2. The van der Waals surface area contributed by atoms with Crippen LogP contribution >= 0.6 is 11.8 Å². The number of nitrogens with one attached hydrogen (secondary N) is 1. The minimum Gasteiger partial charge on any atom is -0.497 e. The Bertz CT molecular complexity index is 1050. The second-order valence-electron chi connectivity index (χ2n) is 8.61. The van der Waals surface area contributed by atoms with Crippen LogP contribution in [-0.4, -0.2) is 27.8 Å². The zero-order valence-electron chi connectivity index (χ0n) is 20.7. The first-order chi connectivity index (χ1) is 16.5. The van der Waals surface area contributed by atoms with Crippen LogP contribution in [0, 0.1) is 6.92 Å². The SMILES string of the molecule is CCCCCCCC(=O)NC(C)c1nnc(SCc2cccc(OC)c2)n1-c1ccc(C)cc1. The minimum atomic E-state index is -0.247. The van der Waals surface area contributed by atoms with Gasteiger partial charge in [0.2, 0.25) is 5.91 Å². The molecule has 3 aromatic rings. The third kappa shape index (κ3) is 7.35. The Morgan fingerprint density at radius 1 is 1.09 bits per heavy atom. The summed E-state index contributed by atoms with van der Waals surface area (Å²) in [6.07, 6.45) is 6.19. The molecule has 0 spiro atoms. The van der Waals surface area contributed by atoms with E-state index in [2.05, 4.69) is 64.3 Å². The first kappa shape index (κ1) is 25.8. The maximum absolute atomic E-state index is 12.5. The molecule has 0 saturated carbocycles. The first-order valence-electron chi connectivity index (χ1n) is 12.1. The molecule has 182 valence electrons. The molecule has 7 heteroatoms. The van der Waals surface area contributed by atoms with Crippen LogP contribution in [0.3, 0.4) is 0 Å². The number of aryl methyl sites for hydroxylation is 1. The molecule has 0 saturated heterocycles. The Morgan fingerprint density at radius 3 is 2.59 bits per heavy atom. The lowest BCUT2D eigenvalue weighted by molar-refractivity contribution is -0.121. The van der Waals surface area contributed by atoms with Gasteiger partial charge in [-0.2, -0.15) is 0 Å². The van der Waals surface area contributed by atoms with E-state index in [-0.39, 0.29) is 11.9 Å². The summed E-state index contributed by atoms with van der Waals surface area (Å²) in [5, 5.41) is 12.9. The first-order valence-corrected chi connectivity index (χ1v) is 13.1. The smallest absolute Gasteiger partial charge is 0.220 e. The van der Waals surface area contributed by atoms with Crippen LogP contribution in [0.25, 0.3) is 5.69 Å². The molecule has 6 nitrogen and oxygen atoms in total. The number of unbranched alkanes of at least 4 members (excludes halogenated alkanes) is 4. The molecule has 2 aromatic carbocycles. The van der Waals surface area contributed by atoms with E-state index in [0.29, 0.717) is 6.42 Å². The van der Waals surface area contributed by atoms with Crippen molar-refractivity contribution in [1.29, 1.82) is 0 Å². The maximum atomic E-state index is 12.5. The largest absolute Gasteiger partial charge is 0.497 e. The summed E-state index contributed by atoms with van der Waals surface area (Å²) in [4.78, 5) is 12.5. The quantitative estimate of drug-likeness (QED) is 0.226. The Balaban J connectivity index is 1.75. The van der Waals surface area contributed by atoms with Gasteiger partial charge in [0.05, 0.1) is 13.2 Å². The molecular weight excluding hydrogens is 444 g/mol. The number of carbonyl (C=O) groups is 1. The number of rotatable bonds is 13. The molecule has 0 aliphatic rings. The van der Waals surface area contributed by atoms with Crippen molar-refractivity contribution < 1.29 is 9.53 Å². The van der Waals surface area contributed by atoms with E-state index >= 15 is 0 Å². The molecule has 0 radical (unpaired) electrons. The molecule has 0 aliphatic carbocycles. The van der Waals surface area contributed by atoms with E-state index < -0.39 is 0 Å². The lowest BCUT2D eigenvalue weighted by Crippen LogP contribution is -2.28. The summed E-state index contributed by atoms with van der Waals surface area (Å²) >= 11 is 1.62. The molecule has 34 heavy (non-hydrogen) atoms. The highest BCUT2D eigenvalue weighted by Crippen LogP contribution is 2.28. The Morgan fingerprint density at radius 2 is 1.85 bits per heavy atom. The topological polar surface area (TPSA) is 69.0 Å². The van der Waals surface area contributed by atoms with Crippen molar-refractivity contribution in [3.8, 4) is 11.4 Å². The monoisotopic (exact) mass is 480 g/mol. The summed E-state index contributed by atoms with van der Waals surface area (Å²) in [5.41, 5.74) is 3.32. The molecule has 0 aliphatic heterocycles. The van der Waals surface area contributed by atoms with E-state index in [1.165, 1.54) is 24.8 Å². The number of carbonyl (C=O) groups excluding carboxylic acids is 1. The van der Waals surface area contributed by atoms with E-state index in [0.717, 1.165) is 46.6 Å². The van der Waals surface area contributed by atoms with Gasteiger partial charge in [0.1, 0.15) is 5.75 Å². The van der Waals surface area contributed by atoms with Gasteiger partial charge in [0, 0.05) is 17.9 Å². The van der Waals surface area contributed by atoms with Crippen LogP contribution in [-0.2, 0) is 10.5 Å². The van der Waals surface area contributed by atoms with Crippen LogP contribution < -0.4 is 10.1 Å². The summed E-state index contributed by atoms with van der Waals surface area (Å²) in [6.45, 7) is 6.24. The summed E-state index contributed by atoms with van der Waals surface area (Å²) in [5.74, 6) is 2.37. The molecule has 1 atom stereocenters. The van der Waals surface area contributed by atoms with Gasteiger partial charge >= 0.3 is 0 Å². The number of ether oxygens (including phenoxy) is 1. The highest BCUT2D eigenvalue weighted by molar-refractivity contribution is 7.98. The van der Waals surface area contributed by atoms with Crippen LogP contribution in [0.4, 0.5) is 0 Å². The predicted octanol–water partition coefficient (Wildman–Crippen LogP) is 6.41. The lowest BCUT2D eigenvalue weighted by atomic mass is 10.1. The Kier molecular flexibility index (Phi) is 10.0. The second-order valence-corrected chi connectivity index (χ2v) is 9.55. The van der Waals surface area contributed by atoms with E-state index in [1.807, 2.05) is 25.1 Å². The average molecular weight is 481 g/mol. The van der Waals surface area contributed by atoms with Gasteiger partial charge in [0.25, 0.3) is 0 Å². The normalized spacial score (nSPS) is 11.9. The van der Waals surface area contributed by atoms with Crippen molar-refractivity contribution in [2.45, 2.75) is 76.2 Å². The number of amides is 1. The zero-order chi connectivity index (χ0) is 24.3. The van der Waals surface area contributed by atoms with E-state index in [9.17, 15) is 4.79 Å². The van der Waals surface area contributed by atoms with Crippen LogP contribution in [0.5, 0.6) is 5.75 Å². The van der Waals surface area contributed by atoms with Gasteiger partial charge in [-0.3, -0.25) is 9.36 Å². The molecule has 1 amide bonds. The highest BCUT2D eigenvalue weighted by atomic mass is 32.2. The molecule has 1 N–H and O–H groups in total. The third-order valence-electron chi connectivity index (χ3n) is 5.72. The number of methoxy groups -OCH3 is 1. The fourth-order valence-electron chi connectivity index (χ4n) is 3.77. The van der Waals surface area contributed by atoms with E-state index in [4.69, 9.17) is 4.74 Å². The van der Waals surface area contributed by atoms with Crippen molar-refractivity contribution in [2.75, 3.05) is 7.11 Å². The van der Waals surface area contributed by atoms with Gasteiger partial charge in [-0.25, -0.2) is 0 Å². The van der Waals surface area contributed by atoms with Gasteiger partial charge in [-0.1, -0.05) is 74.2 Å². The number of thioether (sulfide) groups is 1. The van der Waals surface area contributed by atoms with Crippen molar-refractivity contribution in [2.24, 2.45) is 0 Å². The Labute approximate surface area is 207 Å².